The number of halogens is 1. The van der Waals surface area contributed by atoms with E-state index < -0.39 is 0 Å². The van der Waals surface area contributed by atoms with Crippen molar-refractivity contribution in [1.82, 2.24) is 0 Å². The Hall–Kier alpha value is -0.0500. The van der Waals surface area contributed by atoms with Crippen LogP contribution in [0.5, 0.6) is 0 Å². The van der Waals surface area contributed by atoms with Crippen molar-refractivity contribution in [2.75, 3.05) is 5.33 Å². The number of alkyl halides is 1. The van der Waals surface area contributed by atoms with Gasteiger partial charge >= 0.3 is 0 Å². The monoisotopic (exact) mass is 245 g/mol. The first-order valence-electron chi connectivity index (χ1n) is 4.86. The summed E-state index contributed by atoms with van der Waals surface area (Å²) in [6, 6.07) is 0. The Morgan fingerprint density at radius 1 is 1.62 bits per heavy atom. The zero-order valence-corrected chi connectivity index (χ0v) is 9.76. The summed E-state index contributed by atoms with van der Waals surface area (Å²) in [5.74, 6) is 0.711. The molecule has 2 nitrogen and oxygen atoms in total. The van der Waals surface area contributed by atoms with Crippen molar-refractivity contribution in [3.63, 3.8) is 0 Å². The maximum Gasteiger partial charge on any atom is 0.0638 e. The second kappa shape index (κ2) is 2.72. The molecule has 1 N–H and O–H groups in total. The van der Waals surface area contributed by atoms with E-state index in [4.69, 9.17) is 5.21 Å². The van der Waals surface area contributed by atoms with Gasteiger partial charge in [0.05, 0.1) is 5.71 Å². The summed E-state index contributed by atoms with van der Waals surface area (Å²) in [6.45, 7) is 4.56. The predicted molar refractivity (Wildman–Crippen MR) is 56.6 cm³/mol. The molecule has 3 unspecified atom stereocenters. The van der Waals surface area contributed by atoms with E-state index in [-0.39, 0.29) is 5.41 Å². The highest BCUT2D eigenvalue weighted by Crippen LogP contribution is 2.64. The van der Waals surface area contributed by atoms with E-state index in [2.05, 4.69) is 34.9 Å². The molecule has 13 heavy (non-hydrogen) atoms. The summed E-state index contributed by atoms with van der Waals surface area (Å²) in [5.41, 5.74) is 1.45. The molecule has 0 spiro atoms. The van der Waals surface area contributed by atoms with Gasteiger partial charge in [-0.1, -0.05) is 34.9 Å². The van der Waals surface area contributed by atoms with Gasteiger partial charge in [-0.2, -0.15) is 0 Å². The van der Waals surface area contributed by atoms with E-state index in [1.165, 1.54) is 12.8 Å². The van der Waals surface area contributed by atoms with Crippen LogP contribution in [0.25, 0.3) is 0 Å². The van der Waals surface area contributed by atoms with Gasteiger partial charge in [-0.3, -0.25) is 0 Å². The summed E-state index contributed by atoms with van der Waals surface area (Å²) >= 11 is 3.61. The number of oxime groups is 1. The zero-order valence-electron chi connectivity index (χ0n) is 8.18. The minimum atomic E-state index is 0.135. The molecule has 3 heteroatoms. The van der Waals surface area contributed by atoms with Crippen molar-refractivity contribution in [1.29, 1.82) is 0 Å². The number of nitrogens with zero attached hydrogens (tertiary/aromatic N) is 1. The number of rotatable bonds is 1. The van der Waals surface area contributed by atoms with Crippen LogP contribution in [0.2, 0.25) is 0 Å². The van der Waals surface area contributed by atoms with Crippen LogP contribution in [0.3, 0.4) is 0 Å². The lowest BCUT2D eigenvalue weighted by Crippen LogP contribution is -2.36. The lowest BCUT2D eigenvalue weighted by molar-refractivity contribution is 0.199. The highest BCUT2D eigenvalue weighted by atomic mass is 79.9. The Morgan fingerprint density at radius 2 is 2.31 bits per heavy atom. The molecule has 3 atom stereocenters. The minimum Gasteiger partial charge on any atom is -0.411 e. The summed E-state index contributed by atoms with van der Waals surface area (Å²) in [5, 5.41) is 13.4. The summed E-state index contributed by atoms with van der Waals surface area (Å²) < 4.78 is 0. The van der Waals surface area contributed by atoms with Gasteiger partial charge < -0.3 is 5.21 Å². The average Bonchev–Trinajstić information content (AvgIpc) is 2.51. The van der Waals surface area contributed by atoms with Gasteiger partial charge in [0.25, 0.3) is 0 Å². The molecule has 2 saturated carbocycles. The molecule has 2 fully saturated rings. The summed E-state index contributed by atoms with van der Waals surface area (Å²) in [4.78, 5) is 0. The molecule has 0 radical (unpaired) electrons. The van der Waals surface area contributed by atoms with Gasteiger partial charge in [-0.05, 0) is 30.6 Å². The highest BCUT2D eigenvalue weighted by Gasteiger charge is 2.62. The molecule has 0 aromatic heterocycles. The highest BCUT2D eigenvalue weighted by molar-refractivity contribution is 9.09. The van der Waals surface area contributed by atoms with Crippen LogP contribution in [-0.2, 0) is 0 Å². The van der Waals surface area contributed by atoms with E-state index in [9.17, 15) is 0 Å². The molecule has 74 valence electrons. The maximum absolute atomic E-state index is 8.95. The van der Waals surface area contributed by atoms with Crippen molar-refractivity contribution in [3.05, 3.63) is 0 Å². The standard InChI is InChI=1S/C10H16BrNO/c1-9-4-3-7(5-8(9)12-13)10(9,2)6-11/h7,13H,3-6H2,1-2H3/b12-8+. The molecule has 0 aliphatic heterocycles. The number of hydrogen-bond donors (Lipinski definition) is 1. The fourth-order valence-electron chi connectivity index (χ4n) is 3.19. The molecular weight excluding hydrogens is 230 g/mol. The third-order valence-corrected chi connectivity index (χ3v) is 5.79. The Bertz CT molecular complexity index is 266. The van der Waals surface area contributed by atoms with Gasteiger partial charge in [-0.15, -0.1) is 0 Å². The lowest BCUT2D eigenvalue weighted by Gasteiger charge is -2.36. The van der Waals surface area contributed by atoms with Crippen molar-refractivity contribution in [2.45, 2.75) is 33.1 Å². The van der Waals surface area contributed by atoms with Gasteiger partial charge in [0.2, 0.25) is 0 Å². The zero-order chi connectivity index (χ0) is 9.69. The molecule has 2 aliphatic carbocycles. The van der Waals surface area contributed by atoms with Crippen LogP contribution in [-0.4, -0.2) is 16.2 Å². The molecule has 0 aromatic carbocycles. The molecule has 2 bridgehead atoms. The second-order valence-corrected chi connectivity index (χ2v) is 5.43. The minimum absolute atomic E-state index is 0.135. The smallest absolute Gasteiger partial charge is 0.0638 e. The quantitative estimate of drug-likeness (QED) is 0.430. The Kier molecular flexibility index (Phi) is 1.99. The summed E-state index contributed by atoms with van der Waals surface area (Å²) in [6.07, 6.45) is 3.46. The van der Waals surface area contributed by atoms with Crippen LogP contribution in [0, 0.1) is 16.7 Å². The first-order chi connectivity index (χ1) is 6.08. The predicted octanol–water partition coefficient (Wildman–Crippen LogP) is 3.04. The molecular formula is C10H16BrNO. The molecule has 0 aromatic rings. The Morgan fingerprint density at radius 3 is 2.69 bits per heavy atom. The van der Waals surface area contributed by atoms with Gasteiger partial charge in [0, 0.05) is 10.7 Å². The van der Waals surface area contributed by atoms with Crippen molar-refractivity contribution < 1.29 is 5.21 Å². The van der Waals surface area contributed by atoms with Crippen LogP contribution in [0.15, 0.2) is 5.16 Å². The maximum atomic E-state index is 8.95. The van der Waals surface area contributed by atoms with Gasteiger partial charge in [0.15, 0.2) is 0 Å². The van der Waals surface area contributed by atoms with Crippen LogP contribution < -0.4 is 0 Å². The SMILES string of the molecule is CC12CCC(C/C1=N\O)C2(C)CBr. The number of fused-ring (bicyclic) bond motifs is 2. The lowest BCUT2D eigenvalue weighted by atomic mass is 9.70. The topological polar surface area (TPSA) is 32.6 Å². The summed E-state index contributed by atoms with van der Waals surface area (Å²) in [7, 11) is 0. The van der Waals surface area contributed by atoms with Crippen LogP contribution >= 0.6 is 15.9 Å². The van der Waals surface area contributed by atoms with E-state index in [1.807, 2.05) is 0 Å². The Labute approximate surface area is 87.5 Å². The van der Waals surface area contributed by atoms with E-state index in [0.29, 0.717) is 11.3 Å². The second-order valence-electron chi connectivity index (χ2n) is 4.87. The molecule has 0 saturated heterocycles. The van der Waals surface area contributed by atoms with Crippen molar-refractivity contribution >= 4 is 21.6 Å². The Balaban J connectivity index is 2.45. The first-order valence-corrected chi connectivity index (χ1v) is 5.98. The first kappa shape index (κ1) is 9.50. The third kappa shape index (κ3) is 0.915. The largest absolute Gasteiger partial charge is 0.411 e. The van der Waals surface area contributed by atoms with Crippen LogP contribution in [0.4, 0.5) is 0 Å². The fourth-order valence-corrected chi connectivity index (χ4v) is 4.26. The number of hydrogen-bond acceptors (Lipinski definition) is 2. The normalized spacial score (nSPS) is 51.9. The molecule has 0 amide bonds. The van der Waals surface area contributed by atoms with Gasteiger partial charge in [-0.25, -0.2) is 0 Å². The van der Waals surface area contributed by atoms with E-state index in [0.717, 1.165) is 17.5 Å². The van der Waals surface area contributed by atoms with Crippen LogP contribution in [0.1, 0.15) is 33.1 Å². The van der Waals surface area contributed by atoms with Gasteiger partial charge in [0.1, 0.15) is 0 Å². The molecule has 0 heterocycles. The molecule has 2 rings (SSSR count). The molecule has 2 aliphatic rings. The van der Waals surface area contributed by atoms with E-state index >= 15 is 0 Å². The third-order valence-electron chi connectivity index (χ3n) is 4.63. The average molecular weight is 246 g/mol. The fraction of sp³-hybridized carbons (Fsp3) is 0.900. The van der Waals surface area contributed by atoms with Crippen molar-refractivity contribution in [3.8, 4) is 0 Å². The van der Waals surface area contributed by atoms with Crippen molar-refractivity contribution in [2.24, 2.45) is 21.9 Å². The van der Waals surface area contributed by atoms with E-state index in [1.54, 1.807) is 0 Å².